The summed E-state index contributed by atoms with van der Waals surface area (Å²) in [7, 11) is -2.66. The molecule has 2 N–H and O–H groups in total. The van der Waals surface area contributed by atoms with Crippen molar-refractivity contribution in [3.63, 3.8) is 0 Å². The van der Waals surface area contributed by atoms with Gasteiger partial charge in [0.1, 0.15) is 0 Å². The third kappa shape index (κ3) is 6.16. The van der Waals surface area contributed by atoms with Gasteiger partial charge < -0.3 is 10.1 Å². The van der Waals surface area contributed by atoms with Crippen molar-refractivity contribution >= 4 is 43.5 Å². The Bertz CT molecular complexity index is 929. The monoisotopic (exact) mass is 454 g/mol. The second-order valence-corrected chi connectivity index (χ2v) is 8.34. The molecule has 0 radical (unpaired) electrons. The van der Waals surface area contributed by atoms with Gasteiger partial charge in [-0.05, 0) is 42.0 Å². The van der Waals surface area contributed by atoms with Crippen molar-refractivity contribution in [2.24, 2.45) is 0 Å². The van der Waals surface area contributed by atoms with Crippen LogP contribution in [0.4, 0.5) is 5.69 Å². The van der Waals surface area contributed by atoms with Gasteiger partial charge in [-0.2, -0.15) is 0 Å². The van der Waals surface area contributed by atoms with Gasteiger partial charge in [-0.3, -0.25) is 9.59 Å². The van der Waals surface area contributed by atoms with Gasteiger partial charge in [-0.25, -0.2) is 13.1 Å². The summed E-state index contributed by atoms with van der Waals surface area (Å²) in [5.41, 5.74) is 1.10. The van der Waals surface area contributed by atoms with Gasteiger partial charge in [-0.15, -0.1) is 0 Å². The lowest BCUT2D eigenvalue weighted by atomic mass is 10.1. The third-order valence-corrected chi connectivity index (χ3v) is 5.61. The number of sulfonamides is 1. The van der Waals surface area contributed by atoms with Gasteiger partial charge in [0.05, 0.1) is 24.5 Å². The third-order valence-electron chi connectivity index (χ3n) is 3.63. The zero-order valence-electron chi connectivity index (χ0n) is 14.7. The van der Waals surface area contributed by atoms with Crippen molar-refractivity contribution in [1.29, 1.82) is 0 Å². The van der Waals surface area contributed by atoms with Crippen LogP contribution in [0.1, 0.15) is 24.9 Å². The molecule has 144 valence electrons. The summed E-state index contributed by atoms with van der Waals surface area (Å²) in [5, 5.41) is 2.57. The molecule has 27 heavy (non-hydrogen) atoms. The van der Waals surface area contributed by atoms with Crippen LogP contribution in [-0.4, -0.2) is 27.4 Å². The molecule has 7 nitrogen and oxygen atoms in total. The first-order valence-electron chi connectivity index (χ1n) is 7.93. The smallest absolute Gasteiger partial charge is 0.307 e. The number of rotatable bonds is 7. The predicted molar refractivity (Wildman–Crippen MR) is 105 cm³/mol. The molecule has 0 saturated carbocycles. The van der Waals surface area contributed by atoms with Crippen LogP contribution < -0.4 is 10.0 Å². The summed E-state index contributed by atoms with van der Waals surface area (Å²) in [4.78, 5) is 22.8. The SMILES string of the molecule is COC(=O)CC(NS(=O)(=O)c1ccc(NC(C)=O)cc1)c1cccc(Br)c1. The van der Waals surface area contributed by atoms with E-state index in [9.17, 15) is 18.0 Å². The van der Waals surface area contributed by atoms with Crippen molar-refractivity contribution < 1.29 is 22.7 Å². The predicted octanol–water partition coefficient (Wildman–Crippen LogP) is 2.99. The van der Waals surface area contributed by atoms with Crippen molar-refractivity contribution in [3.05, 3.63) is 58.6 Å². The minimum Gasteiger partial charge on any atom is -0.469 e. The van der Waals surface area contributed by atoms with Crippen LogP contribution in [0.3, 0.4) is 0 Å². The molecule has 0 aliphatic heterocycles. The van der Waals surface area contributed by atoms with Crippen LogP contribution >= 0.6 is 15.9 Å². The molecule has 1 atom stereocenters. The Morgan fingerprint density at radius 1 is 1.15 bits per heavy atom. The topological polar surface area (TPSA) is 102 Å². The summed E-state index contributed by atoms with van der Waals surface area (Å²) in [6.07, 6.45) is -0.157. The molecule has 0 aliphatic rings. The lowest BCUT2D eigenvalue weighted by Crippen LogP contribution is -2.30. The molecule has 0 saturated heterocycles. The highest BCUT2D eigenvalue weighted by Crippen LogP contribution is 2.24. The first kappa shape index (κ1) is 21.1. The number of ether oxygens (including phenoxy) is 1. The van der Waals surface area contributed by atoms with E-state index in [4.69, 9.17) is 0 Å². The first-order chi connectivity index (χ1) is 12.7. The highest BCUT2D eigenvalue weighted by atomic mass is 79.9. The van der Waals surface area contributed by atoms with E-state index in [1.54, 1.807) is 24.3 Å². The number of hydrogen-bond acceptors (Lipinski definition) is 5. The number of nitrogens with one attached hydrogen (secondary N) is 2. The number of halogens is 1. The Hall–Kier alpha value is -2.23. The summed E-state index contributed by atoms with van der Waals surface area (Å²) < 4.78 is 33.5. The van der Waals surface area contributed by atoms with Crippen LogP contribution in [0, 0.1) is 0 Å². The van der Waals surface area contributed by atoms with Crippen LogP contribution in [0.25, 0.3) is 0 Å². The molecule has 0 heterocycles. The lowest BCUT2D eigenvalue weighted by Gasteiger charge is -2.19. The van der Waals surface area contributed by atoms with E-state index in [0.717, 1.165) is 4.47 Å². The van der Waals surface area contributed by atoms with E-state index in [1.165, 1.54) is 38.3 Å². The Labute approximate surface area is 166 Å². The number of hydrogen-bond donors (Lipinski definition) is 2. The molecule has 2 rings (SSSR count). The van der Waals surface area contributed by atoms with Crippen molar-refractivity contribution in [1.82, 2.24) is 4.72 Å². The minimum absolute atomic E-state index is 0.0152. The Morgan fingerprint density at radius 2 is 1.81 bits per heavy atom. The molecule has 0 fully saturated rings. The number of carbonyl (C=O) groups excluding carboxylic acids is 2. The number of carbonyl (C=O) groups is 2. The fraction of sp³-hybridized carbons (Fsp3) is 0.222. The van der Waals surface area contributed by atoms with Gasteiger partial charge >= 0.3 is 5.97 Å². The zero-order valence-corrected chi connectivity index (χ0v) is 17.1. The minimum atomic E-state index is -3.91. The quantitative estimate of drug-likeness (QED) is 0.626. The number of methoxy groups -OCH3 is 1. The van der Waals surface area contributed by atoms with Gasteiger partial charge in [-0.1, -0.05) is 28.1 Å². The van der Waals surface area contributed by atoms with Crippen LogP contribution in [0.15, 0.2) is 57.9 Å². The van der Waals surface area contributed by atoms with Crippen molar-refractivity contribution in [3.8, 4) is 0 Å². The summed E-state index contributed by atoms with van der Waals surface area (Å²) in [5.74, 6) is -0.791. The van der Waals surface area contributed by atoms with E-state index in [2.05, 4.69) is 30.7 Å². The van der Waals surface area contributed by atoms with E-state index < -0.39 is 22.0 Å². The van der Waals surface area contributed by atoms with E-state index in [0.29, 0.717) is 11.3 Å². The zero-order chi connectivity index (χ0) is 20.0. The maximum atomic E-state index is 12.7. The maximum absolute atomic E-state index is 12.7. The summed E-state index contributed by atoms with van der Waals surface area (Å²) >= 11 is 3.34. The fourth-order valence-electron chi connectivity index (χ4n) is 2.38. The largest absolute Gasteiger partial charge is 0.469 e. The van der Waals surface area contributed by atoms with E-state index in [1.807, 2.05) is 0 Å². The van der Waals surface area contributed by atoms with Crippen molar-refractivity contribution in [2.45, 2.75) is 24.3 Å². The molecule has 0 spiro atoms. The highest BCUT2D eigenvalue weighted by Gasteiger charge is 2.24. The maximum Gasteiger partial charge on any atom is 0.307 e. The number of anilines is 1. The molecular weight excluding hydrogens is 436 g/mol. The average Bonchev–Trinajstić information content (AvgIpc) is 2.60. The molecule has 0 bridgehead atoms. The number of amides is 1. The molecule has 1 amide bonds. The lowest BCUT2D eigenvalue weighted by molar-refractivity contribution is -0.141. The second-order valence-electron chi connectivity index (χ2n) is 5.71. The van der Waals surface area contributed by atoms with Crippen LogP contribution in [-0.2, 0) is 24.3 Å². The van der Waals surface area contributed by atoms with Gasteiger partial charge in [0, 0.05) is 17.1 Å². The van der Waals surface area contributed by atoms with Gasteiger partial charge in [0.25, 0.3) is 0 Å². The Balaban J connectivity index is 2.29. The highest BCUT2D eigenvalue weighted by molar-refractivity contribution is 9.10. The van der Waals surface area contributed by atoms with Crippen LogP contribution in [0.2, 0.25) is 0 Å². The average molecular weight is 455 g/mol. The standard InChI is InChI=1S/C18H19BrN2O5S/c1-12(22)20-15-6-8-16(9-7-15)27(24,25)21-17(11-18(23)26-2)13-4-3-5-14(19)10-13/h3-10,17,21H,11H2,1-2H3,(H,20,22). The van der Waals surface area contributed by atoms with E-state index in [-0.39, 0.29) is 17.2 Å². The number of esters is 1. The summed E-state index contributed by atoms with van der Waals surface area (Å²) in [6, 6.07) is 11.9. The summed E-state index contributed by atoms with van der Waals surface area (Å²) in [6.45, 7) is 1.36. The van der Waals surface area contributed by atoms with Crippen molar-refractivity contribution in [2.75, 3.05) is 12.4 Å². The molecule has 2 aromatic rings. The van der Waals surface area contributed by atoms with E-state index >= 15 is 0 Å². The van der Waals surface area contributed by atoms with Gasteiger partial charge in [0.2, 0.25) is 15.9 Å². The Kier molecular flexibility index (Phi) is 7.11. The molecule has 0 aliphatic carbocycles. The van der Waals surface area contributed by atoms with Crippen LogP contribution in [0.5, 0.6) is 0 Å². The second kappa shape index (κ2) is 9.12. The molecule has 1 unspecified atom stereocenters. The molecule has 0 aromatic heterocycles. The first-order valence-corrected chi connectivity index (χ1v) is 10.2. The van der Waals surface area contributed by atoms with Gasteiger partial charge in [0.15, 0.2) is 0 Å². The number of benzene rings is 2. The molecule has 2 aromatic carbocycles. The fourth-order valence-corrected chi connectivity index (χ4v) is 4.02. The normalized spacial score (nSPS) is 12.3. The Morgan fingerprint density at radius 3 is 2.37 bits per heavy atom. The molecule has 9 heteroatoms. The molecular formula is C18H19BrN2O5S.